The summed E-state index contributed by atoms with van der Waals surface area (Å²) in [5.41, 5.74) is 0.729. The van der Waals surface area contributed by atoms with Crippen LogP contribution in [-0.4, -0.2) is 9.90 Å². The fourth-order valence-corrected chi connectivity index (χ4v) is 2.17. The zero-order chi connectivity index (χ0) is 10.7. The Morgan fingerprint density at radius 3 is 2.87 bits per heavy atom. The number of aryl methyl sites for hydroxylation is 1. The van der Waals surface area contributed by atoms with Gasteiger partial charge in [0.15, 0.2) is 0 Å². The molecule has 0 atom stereocenters. The van der Waals surface area contributed by atoms with Crippen LogP contribution in [0.1, 0.15) is 12.8 Å². The maximum atomic E-state index is 13.6. The fourth-order valence-electron chi connectivity index (χ4n) is 1.78. The number of nitrogens with zero attached hydrogens (tertiary/aromatic N) is 1. The molecule has 3 heteroatoms. The van der Waals surface area contributed by atoms with Crippen molar-refractivity contribution in [1.29, 1.82) is 0 Å². The van der Waals surface area contributed by atoms with Crippen LogP contribution in [0.2, 0.25) is 0 Å². The number of unbranched alkanes of at least 4 members (excludes halogenated alkanes) is 1. The van der Waals surface area contributed by atoms with Gasteiger partial charge in [0, 0.05) is 23.5 Å². The minimum Gasteiger partial charge on any atom is -0.345 e. The summed E-state index contributed by atoms with van der Waals surface area (Å²) < 4.78 is 15.6. The number of alkyl halides is 1. The molecule has 2 aromatic rings. The number of fused-ring (bicyclic) bond motifs is 1. The highest BCUT2D eigenvalue weighted by Crippen LogP contribution is 2.19. The van der Waals surface area contributed by atoms with Gasteiger partial charge in [-0.2, -0.15) is 0 Å². The van der Waals surface area contributed by atoms with Crippen molar-refractivity contribution in [3.8, 4) is 0 Å². The van der Waals surface area contributed by atoms with E-state index >= 15 is 0 Å². The molecule has 0 N–H and O–H groups in total. The van der Waals surface area contributed by atoms with Crippen LogP contribution in [-0.2, 0) is 6.54 Å². The fraction of sp³-hybridized carbons (Fsp3) is 0.333. The molecule has 0 unspecified atom stereocenters. The first-order valence-corrected chi connectivity index (χ1v) is 6.24. The lowest BCUT2D eigenvalue weighted by Gasteiger charge is -2.04. The molecule has 0 spiro atoms. The molecule has 0 saturated carbocycles. The van der Waals surface area contributed by atoms with Crippen molar-refractivity contribution in [2.45, 2.75) is 19.4 Å². The topological polar surface area (TPSA) is 4.93 Å². The van der Waals surface area contributed by atoms with Crippen LogP contribution in [0.5, 0.6) is 0 Å². The number of benzene rings is 1. The maximum Gasteiger partial charge on any atom is 0.147 e. The zero-order valence-corrected chi connectivity index (χ0v) is 10.0. The standard InChI is InChI=1S/C12H13BrFN/c13-7-1-2-8-15-9-6-10-4-3-5-11(14)12(10)15/h3-6,9H,1-2,7-8H2. The summed E-state index contributed by atoms with van der Waals surface area (Å²) >= 11 is 3.39. The Balaban J connectivity index is 2.27. The maximum absolute atomic E-state index is 13.6. The van der Waals surface area contributed by atoms with Crippen molar-refractivity contribution in [3.05, 3.63) is 36.3 Å². The van der Waals surface area contributed by atoms with Crippen LogP contribution < -0.4 is 0 Å². The van der Waals surface area contributed by atoms with Crippen molar-refractivity contribution < 1.29 is 4.39 Å². The monoisotopic (exact) mass is 269 g/mol. The van der Waals surface area contributed by atoms with Gasteiger partial charge in [-0.25, -0.2) is 4.39 Å². The molecule has 15 heavy (non-hydrogen) atoms. The van der Waals surface area contributed by atoms with E-state index < -0.39 is 0 Å². The van der Waals surface area contributed by atoms with E-state index in [4.69, 9.17) is 0 Å². The third-order valence-corrected chi connectivity index (χ3v) is 3.08. The molecule has 1 heterocycles. The molecule has 0 saturated heterocycles. The van der Waals surface area contributed by atoms with Crippen LogP contribution in [0, 0.1) is 5.82 Å². The van der Waals surface area contributed by atoms with Crippen LogP contribution in [0.25, 0.3) is 10.9 Å². The highest BCUT2D eigenvalue weighted by molar-refractivity contribution is 9.09. The lowest BCUT2D eigenvalue weighted by atomic mass is 10.2. The predicted molar refractivity (Wildman–Crippen MR) is 64.9 cm³/mol. The second-order valence-electron chi connectivity index (χ2n) is 3.58. The van der Waals surface area contributed by atoms with E-state index in [9.17, 15) is 4.39 Å². The van der Waals surface area contributed by atoms with Crippen molar-refractivity contribution in [2.24, 2.45) is 0 Å². The Kier molecular flexibility index (Phi) is 3.41. The highest BCUT2D eigenvalue weighted by atomic mass is 79.9. The van der Waals surface area contributed by atoms with Gasteiger partial charge in [-0.05, 0) is 25.0 Å². The van der Waals surface area contributed by atoms with Crippen LogP contribution >= 0.6 is 15.9 Å². The first-order valence-electron chi connectivity index (χ1n) is 5.12. The summed E-state index contributed by atoms with van der Waals surface area (Å²) in [5.74, 6) is -0.128. The van der Waals surface area contributed by atoms with Crippen molar-refractivity contribution in [3.63, 3.8) is 0 Å². The number of rotatable bonds is 4. The van der Waals surface area contributed by atoms with Gasteiger partial charge in [0.2, 0.25) is 0 Å². The Morgan fingerprint density at radius 2 is 2.07 bits per heavy atom. The van der Waals surface area contributed by atoms with E-state index in [2.05, 4.69) is 15.9 Å². The normalized spacial score (nSPS) is 11.1. The van der Waals surface area contributed by atoms with Crippen molar-refractivity contribution in [1.82, 2.24) is 4.57 Å². The molecular formula is C12H13BrFN. The molecule has 0 aliphatic rings. The highest BCUT2D eigenvalue weighted by Gasteiger charge is 2.05. The lowest BCUT2D eigenvalue weighted by molar-refractivity contribution is 0.608. The quantitative estimate of drug-likeness (QED) is 0.585. The van der Waals surface area contributed by atoms with E-state index in [0.29, 0.717) is 0 Å². The molecule has 1 aromatic carbocycles. The van der Waals surface area contributed by atoms with Gasteiger partial charge in [-0.1, -0.05) is 28.1 Å². The average molecular weight is 270 g/mol. The van der Waals surface area contributed by atoms with Gasteiger partial charge in [-0.3, -0.25) is 0 Å². The van der Waals surface area contributed by atoms with Crippen LogP contribution in [0.15, 0.2) is 30.5 Å². The number of hydrogen-bond donors (Lipinski definition) is 0. The van der Waals surface area contributed by atoms with E-state index in [0.717, 1.165) is 35.6 Å². The third kappa shape index (κ3) is 2.23. The van der Waals surface area contributed by atoms with Gasteiger partial charge in [0.05, 0.1) is 5.52 Å². The Labute approximate surface area is 97.0 Å². The van der Waals surface area contributed by atoms with E-state index in [1.807, 2.05) is 22.9 Å². The van der Waals surface area contributed by atoms with E-state index in [-0.39, 0.29) is 5.82 Å². The van der Waals surface area contributed by atoms with E-state index in [1.54, 1.807) is 6.07 Å². The third-order valence-electron chi connectivity index (χ3n) is 2.52. The summed E-state index contributed by atoms with van der Waals surface area (Å²) in [4.78, 5) is 0. The van der Waals surface area contributed by atoms with Gasteiger partial charge in [0.25, 0.3) is 0 Å². The van der Waals surface area contributed by atoms with Crippen LogP contribution in [0.3, 0.4) is 0 Å². The Morgan fingerprint density at radius 1 is 1.20 bits per heavy atom. The molecule has 80 valence electrons. The van der Waals surface area contributed by atoms with Crippen LogP contribution in [0.4, 0.5) is 4.39 Å². The molecule has 0 amide bonds. The van der Waals surface area contributed by atoms with Gasteiger partial charge < -0.3 is 4.57 Å². The summed E-state index contributed by atoms with van der Waals surface area (Å²) in [5, 5.41) is 1.99. The number of hydrogen-bond acceptors (Lipinski definition) is 0. The second-order valence-corrected chi connectivity index (χ2v) is 4.38. The molecule has 0 aliphatic heterocycles. The molecule has 2 rings (SSSR count). The predicted octanol–water partition coefficient (Wildman–Crippen LogP) is 3.96. The van der Waals surface area contributed by atoms with E-state index in [1.165, 1.54) is 6.07 Å². The van der Waals surface area contributed by atoms with Gasteiger partial charge >= 0.3 is 0 Å². The molecule has 0 bridgehead atoms. The summed E-state index contributed by atoms with van der Waals surface area (Å²) in [6, 6.07) is 7.18. The Bertz CT molecular complexity index is 450. The van der Waals surface area contributed by atoms with Gasteiger partial charge in [0.1, 0.15) is 5.82 Å². The molecule has 0 radical (unpaired) electrons. The smallest absolute Gasteiger partial charge is 0.147 e. The molecule has 0 aliphatic carbocycles. The number of para-hydroxylation sites is 1. The average Bonchev–Trinajstić information content (AvgIpc) is 2.63. The SMILES string of the molecule is Fc1cccc2ccn(CCCCBr)c12. The number of aromatic nitrogens is 1. The molecular weight excluding hydrogens is 257 g/mol. The minimum absolute atomic E-state index is 0.128. The van der Waals surface area contributed by atoms with Crippen molar-refractivity contribution in [2.75, 3.05) is 5.33 Å². The lowest BCUT2D eigenvalue weighted by Crippen LogP contribution is -1.97. The molecule has 1 aromatic heterocycles. The molecule has 1 nitrogen and oxygen atoms in total. The molecule has 0 fully saturated rings. The minimum atomic E-state index is -0.128. The first kappa shape index (κ1) is 10.7. The summed E-state index contributed by atoms with van der Waals surface area (Å²) in [6.45, 7) is 0.885. The zero-order valence-electron chi connectivity index (χ0n) is 8.42. The number of halogens is 2. The first-order chi connectivity index (χ1) is 7.33. The van der Waals surface area contributed by atoms with Gasteiger partial charge in [-0.15, -0.1) is 0 Å². The summed E-state index contributed by atoms with van der Waals surface area (Å²) in [7, 11) is 0. The Hall–Kier alpha value is -0.830. The van der Waals surface area contributed by atoms with Crippen molar-refractivity contribution >= 4 is 26.8 Å². The second kappa shape index (κ2) is 4.79. The largest absolute Gasteiger partial charge is 0.345 e. The summed E-state index contributed by atoms with van der Waals surface area (Å²) in [6.07, 6.45) is 4.15.